The predicted molar refractivity (Wildman–Crippen MR) is 96.7 cm³/mol. The maximum absolute atomic E-state index is 12.2. The van der Waals surface area contributed by atoms with Crippen LogP contribution in [0.1, 0.15) is 28.8 Å². The number of hydrogen-bond acceptors (Lipinski definition) is 6. The smallest absolute Gasteiger partial charge is 0.475 e. The number of ketones is 1. The zero-order valence-corrected chi connectivity index (χ0v) is 14.7. The van der Waals surface area contributed by atoms with Gasteiger partial charge in [-0.2, -0.15) is 11.3 Å². The van der Waals surface area contributed by atoms with Crippen molar-refractivity contribution in [1.29, 1.82) is 0 Å². The molecule has 0 bridgehead atoms. The van der Waals surface area contributed by atoms with Crippen molar-refractivity contribution < 1.29 is 24.4 Å². The first kappa shape index (κ1) is 19.2. The van der Waals surface area contributed by atoms with Crippen LogP contribution in [0.5, 0.6) is 5.75 Å². The van der Waals surface area contributed by atoms with E-state index >= 15 is 0 Å². The molecular weight excluding hydrogens is 341 g/mol. The Labute approximate surface area is 150 Å². The molecule has 2 aromatic rings. The van der Waals surface area contributed by atoms with Crippen molar-refractivity contribution in [2.45, 2.75) is 25.2 Å². The second kappa shape index (κ2) is 9.36. The number of ether oxygens (including phenoxy) is 1. The monoisotopic (exact) mass is 361 g/mol. The van der Waals surface area contributed by atoms with Crippen LogP contribution in [0, 0.1) is 0 Å². The molecule has 0 aliphatic carbocycles. The fourth-order valence-electron chi connectivity index (χ4n) is 2.41. The van der Waals surface area contributed by atoms with Crippen molar-refractivity contribution in [1.82, 2.24) is 5.32 Å². The normalized spacial score (nSPS) is 11.6. The number of carbonyl (C=O) groups is 2. The van der Waals surface area contributed by atoms with Crippen LogP contribution >= 0.6 is 11.3 Å². The molecule has 2 rings (SSSR count). The fraction of sp³-hybridized carbons (Fsp3) is 0.294. The van der Waals surface area contributed by atoms with E-state index in [1.165, 1.54) is 18.4 Å². The molecule has 0 radical (unpaired) electrons. The number of rotatable bonds is 9. The minimum atomic E-state index is -1.67. The summed E-state index contributed by atoms with van der Waals surface area (Å²) in [4.78, 5) is 24.3. The molecule has 0 saturated heterocycles. The summed E-state index contributed by atoms with van der Waals surface area (Å²) in [6.07, 6.45) is 0.288. The van der Waals surface area contributed by atoms with Gasteiger partial charge in [-0.05, 0) is 40.9 Å². The lowest BCUT2D eigenvalue weighted by Gasteiger charge is -2.17. The first-order valence-electron chi connectivity index (χ1n) is 7.84. The Hall–Kier alpha value is -2.16. The van der Waals surface area contributed by atoms with E-state index in [0.717, 1.165) is 5.56 Å². The van der Waals surface area contributed by atoms with E-state index in [1.807, 2.05) is 16.8 Å². The second-order valence-electron chi connectivity index (χ2n) is 5.55. The van der Waals surface area contributed by atoms with Gasteiger partial charge in [0, 0.05) is 12.8 Å². The lowest BCUT2D eigenvalue weighted by atomic mass is 9.76. The molecule has 0 saturated carbocycles. The Morgan fingerprint density at radius 3 is 2.64 bits per heavy atom. The molecule has 1 aromatic heterocycles. The van der Waals surface area contributed by atoms with Gasteiger partial charge < -0.3 is 20.1 Å². The minimum absolute atomic E-state index is 0.0128. The van der Waals surface area contributed by atoms with Crippen LogP contribution in [0.2, 0.25) is 0 Å². The van der Waals surface area contributed by atoms with E-state index in [9.17, 15) is 19.6 Å². The number of methoxy groups -OCH3 is 1. The highest BCUT2D eigenvalue weighted by atomic mass is 32.1. The topological polar surface area (TPSA) is 95.9 Å². The first-order chi connectivity index (χ1) is 12.0. The van der Waals surface area contributed by atoms with Crippen LogP contribution in [-0.4, -0.2) is 41.9 Å². The molecule has 0 spiro atoms. The van der Waals surface area contributed by atoms with Crippen LogP contribution in [0.25, 0.3) is 0 Å². The molecule has 0 fully saturated rings. The molecule has 132 valence electrons. The number of thiophene rings is 1. The summed E-state index contributed by atoms with van der Waals surface area (Å²) >= 11 is 1.49. The minimum Gasteiger partial charge on any atom is -0.496 e. The molecule has 6 nitrogen and oxygen atoms in total. The van der Waals surface area contributed by atoms with Gasteiger partial charge >= 0.3 is 7.12 Å². The van der Waals surface area contributed by atoms with Crippen LogP contribution in [-0.2, 0) is 11.2 Å². The summed E-state index contributed by atoms with van der Waals surface area (Å²) in [6, 6.07) is 8.69. The largest absolute Gasteiger partial charge is 0.496 e. The van der Waals surface area contributed by atoms with Crippen molar-refractivity contribution in [3.05, 3.63) is 52.2 Å². The fourth-order valence-corrected chi connectivity index (χ4v) is 3.09. The van der Waals surface area contributed by atoms with Gasteiger partial charge in [-0.15, -0.1) is 0 Å². The molecule has 0 aliphatic rings. The Morgan fingerprint density at radius 2 is 2.00 bits per heavy atom. The highest BCUT2D eigenvalue weighted by Crippen LogP contribution is 2.19. The van der Waals surface area contributed by atoms with E-state index in [0.29, 0.717) is 17.7 Å². The van der Waals surface area contributed by atoms with Gasteiger partial charge in [-0.3, -0.25) is 9.59 Å². The van der Waals surface area contributed by atoms with Crippen molar-refractivity contribution in [3.8, 4) is 5.75 Å². The molecule has 8 heteroatoms. The first-order valence-corrected chi connectivity index (χ1v) is 8.78. The summed E-state index contributed by atoms with van der Waals surface area (Å²) < 4.78 is 5.14. The van der Waals surface area contributed by atoms with E-state index in [-0.39, 0.29) is 18.6 Å². The van der Waals surface area contributed by atoms with Crippen molar-refractivity contribution in [3.63, 3.8) is 0 Å². The number of hydrogen-bond donors (Lipinski definition) is 3. The summed E-state index contributed by atoms with van der Waals surface area (Å²) in [5.41, 5.74) is 1.34. The molecule has 0 aliphatic heterocycles. The summed E-state index contributed by atoms with van der Waals surface area (Å²) in [5.74, 6) is -0.958. The van der Waals surface area contributed by atoms with Gasteiger partial charge in [0.05, 0.1) is 18.6 Å². The summed E-state index contributed by atoms with van der Waals surface area (Å²) in [6.45, 7) is 0. The number of para-hydroxylation sites is 1. The van der Waals surface area contributed by atoms with Gasteiger partial charge in [0.1, 0.15) is 5.75 Å². The van der Waals surface area contributed by atoms with Crippen molar-refractivity contribution in [2.24, 2.45) is 0 Å². The molecule has 1 amide bonds. The molecule has 1 heterocycles. The maximum Gasteiger partial charge on any atom is 0.475 e. The third kappa shape index (κ3) is 5.70. The number of Topliss-reactive ketones (excluding diaryl/α,β-unsaturated/α-hetero) is 1. The quantitative estimate of drug-likeness (QED) is 0.464. The van der Waals surface area contributed by atoms with Crippen molar-refractivity contribution >= 4 is 30.1 Å². The number of nitrogens with one attached hydrogen (secondary N) is 1. The lowest BCUT2D eigenvalue weighted by molar-refractivity contribution is -0.121. The van der Waals surface area contributed by atoms with Gasteiger partial charge in [-0.25, -0.2) is 0 Å². The molecule has 1 atom stereocenters. The summed E-state index contributed by atoms with van der Waals surface area (Å²) in [7, 11) is -0.190. The average molecular weight is 361 g/mol. The number of carbonyl (C=O) groups excluding carboxylic acids is 2. The van der Waals surface area contributed by atoms with Gasteiger partial charge in [-0.1, -0.05) is 12.1 Å². The van der Waals surface area contributed by atoms with E-state index in [1.54, 1.807) is 24.3 Å². The maximum atomic E-state index is 12.2. The third-order valence-corrected chi connectivity index (χ3v) is 4.46. The van der Waals surface area contributed by atoms with Gasteiger partial charge in [0.25, 0.3) is 0 Å². The highest BCUT2D eigenvalue weighted by molar-refractivity contribution is 7.07. The van der Waals surface area contributed by atoms with E-state index < -0.39 is 19.0 Å². The third-order valence-electron chi connectivity index (χ3n) is 3.73. The van der Waals surface area contributed by atoms with Crippen molar-refractivity contribution in [2.75, 3.05) is 7.11 Å². The van der Waals surface area contributed by atoms with Crippen LogP contribution in [0.3, 0.4) is 0 Å². The average Bonchev–Trinajstić information content (AvgIpc) is 3.12. The molecule has 25 heavy (non-hydrogen) atoms. The zero-order chi connectivity index (χ0) is 18.2. The molecule has 1 aromatic carbocycles. The van der Waals surface area contributed by atoms with Gasteiger partial charge in [0.15, 0.2) is 5.78 Å². The Morgan fingerprint density at radius 1 is 1.24 bits per heavy atom. The molecule has 1 unspecified atom stereocenters. The Bertz CT molecular complexity index is 705. The van der Waals surface area contributed by atoms with Gasteiger partial charge in [0.2, 0.25) is 5.91 Å². The SMILES string of the molecule is COc1ccccc1C(=O)CCC(=O)NC(Cc1ccsc1)B(O)O. The molecule has 3 N–H and O–H groups in total. The lowest BCUT2D eigenvalue weighted by Crippen LogP contribution is -2.47. The number of benzene rings is 1. The van der Waals surface area contributed by atoms with E-state index in [4.69, 9.17) is 4.74 Å². The Balaban J connectivity index is 1.89. The number of amides is 1. The van der Waals surface area contributed by atoms with Crippen LogP contribution in [0.15, 0.2) is 41.1 Å². The molecular formula is C17H20BNO5S. The van der Waals surface area contributed by atoms with E-state index in [2.05, 4.69) is 5.32 Å². The van der Waals surface area contributed by atoms with Crippen LogP contribution in [0.4, 0.5) is 0 Å². The zero-order valence-electron chi connectivity index (χ0n) is 13.8. The highest BCUT2D eigenvalue weighted by Gasteiger charge is 2.26. The standard InChI is InChI=1S/C17H20BNO5S/c1-24-15-5-3-2-4-13(15)14(20)6-7-17(21)19-16(18(22)23)10-12-8-9-25-11-12/h2-5,8-9,11,16,22-23H,6-7,10H2,1H3,(H,19,21). The Kier molecular flexibility index (Phi) is 7.18. The van der Waals surface area contributed by atoms with Crippen LogP contribution < -0.4 is 10.1 Å². The predicted octanol–water partition coefficient (Wildman–Crippen LogP) is 1.46. The second-order valence-corrected chi connectivity index (χ2v) is 6.33. The summed E-state index contributed by atoms with van der Waals surface area (Å²) in [5, 5.41) is 25.2.